The van der Waals surface area contributed by atoms with Gasteiger partial charge in [-0.25, -0.2) is 0 Å². The van der Waals surface area contributed by atoms with Gasteiger partial charge in [0.05, 0.1) is 18.3 Å². The predicted molar refractivity (Wildman–Crippen MR) is 59.6 cm³/mol. The van der Waals surface area contributed by atoms with Gasteiger partial charge in [-0.2, -0.15) is 5.10 Å². The van der Waals surface area contributed by atoms with Crippen molar-refractivity contribution in [2.24, 2.45) is 5.73 Å². The molecule has 0 aliphatic carbocycles. The lowest BCUT2D eigenvalue weighted by atomic mass is 9.82. The van der Waals surface area contributed by atoms with Crippen LogP contribution >= 0.6 is 0 Å². The first-order valence-electron chi connectivity index (χ1n) is 4.95. The summed E-state index contributed by atoms with van der Waals surface area (Å²) in [5.74, 6) is 0. The Morgan fingerprint density at radius 3 is 3.00 bits per heavy atom. The standard InChI is InChI=1S/C11H15N3O/c1-11(6-12,7-15)9-4-2-3-8-5-13-14-10(8)9/h2-5,15H,6-7,12H2,1H3,(H,13,14). The van der Waals surface area contributed by atoms with Gasteiger partial charge in [-0.1, -0.05) is 25.1 Å². The number of aliphatic hydroxyl groups is 1. The van der Waals surface area contributed by atoms with Crippen LogP contribution in [0, 0.1) is 0 Å². The molecule has 15 heavy (non-hydrogen) atoms. The van der Waals surface area contributed by atoms with E-state index in [-0.39, 0.29) is 6.61 Å². The van der Waals surface area contributed by atoms with Gasteiger partial charge in [-0.15, -0.1) is 0 Å². The Hall–Kier alpha value is -1.39. The molecule has 1 aromatic carbocycles. The zero-order chi connectivity index (χ0) is 10.9. The molecule has 0 radical (unpaired) electrons. The van der Waals surface area contributed by atoms with Crippen LogP contribution in [0.1, 0.15) is 12.5 Å². The molecule has 80 valence electrons. The minimum atomic E-state index is -0.411. The summed E-state index contributed by atoms with van der Waals surface area (Å²) >= 11 is 0. The van der Waals surface area contributed by atoms with Crippen LogP contribution in [0.3, 0.4) is 0 Å². The highest BCUT2D eigenvalue weighted by molar-refractivity contribution is 5.82. The molecule has 0 fully saturated rings. The molecule has 1 heterocycles. The van der Waals surface area contributed by atoms with Gasteiger partial charge in [0.15, 0.2) is 0 Å². The van der Waals surface area contributed by atoms with Crippen molar-refractivity contribution in [3.05, 3.63) is 30.0 Å². The molecule has 0 aliphatic rings. The molecule has 4 N–H and O–H groups in total. The van der Waals surface area contributed by atoms with E-state index in [1.165, 1.54) is 0 Å². The summed E-state index contributed by atoms with van der Waals surface area (Å²) in [6, 6.07) is 5.91. The number of H-pyrrole nitrogens is 1. The first kappa shape index (κ1) is 10.1. The van der Waals surface area contributed by atoms with E-state index in [0.29, 0.717) is 6.54 Å². The zero-order valence-corrected chi connectivity index (χ0v) is 8.70. The van der Waals surface area contributed by atoms with Gasteiger partial charge in [0.1, 0.15) is 0 Å². The fourth-order valence-electron chi connectivity index (χ4n) is 1.73. The van der Waals surface area contributed by atoms with Crippen LogP contribution in [0.25, 0.3) is 10.9 Å². The summed E-state index contributed by atoms with van der Waals surface area (Å²) < 4.78 is 0. The number of rotatable bonds is 3. The average molecular weight is 205 g/mol. The molecule has 0 bridgehead atoms. The quantitative estimate of drug-likeness (QED) is 0.693. The number of nitrogens with zero attached hydrogens (tertiary/aromatic N) is 1. The van der Waals surface area contributed by atoms with Crippen molar-refractivity contribution in [2.45, 2.75) is 12.3 Å². The van der Waals surface area contributed by atoms with Crippen molar-refractivity contribution >= 4 is 10.9 Å². The minimum Gasteiger partial charge on any atom is -0.395 e. The number of para-hydroxylation sites is 1. The van der Waals surface area contributed by atoms with Crippen molar-refractivity contribution in [3.63, 3.8) is 0 Å². The molecular weight excluding hydrogens is 190 g/mol. The number of aromatic nitrogens is 2. The van der Waals surface area contributed by atoms with Crippen LogP contribution in [0.4, 0.5) is 0 Å². The van der Waals surface area contributed by atoms with Crippen LogP contribution in [0.2, 0.25) is 0 Å². The van der Waals surface area contributed by atoms with Crippen LogP contribution in [-0.2, 0) is 5.41 Å². The second-order valence-electron chi connectivity index (χ2n) is 4.06. The first-order valence-corrected chi connectivity index (χ1v) is 4.95. The molecule has 0 saturated carbocycles. The molecule has 1 unspecified atom stereocenters. The molecule has 0 amide bonds. The summed E-state index contributed by atoms with van der Waals surface area (Å²) in [7, 11) is 0. The number of hydrogen-bond acceptors (Lipinski definition) is 3. The molecule has 1 aromatic heterocycles. The normalized spacial score (nSPS) is 15.4. The summed E-state index contributed by atoms with van der Waals surface area (Å²) in [6.45, 7) is 2.38. The smallest absolute Gasteiger partial charge is 0.0689 e. The van der Waals surface area contributed by atoms with Crippen LogP contribution in [0.5, 0.6) is 0 Å². The molecule has 1 atom stereocenters. The second-order valence-corrected chi connectivity index (χ2v) is 4.06. The minimum absolute atomic E-state index is 0.0294. The summed E-state index contributed by atoms with van der Waals surface area (Å²) in [5.41, 5.74) is 7.28. The Morgan fingerprint density at radius 1 is 1.53 bits per heavy atom. The number of nitrogens with one attached hydrogen (secondary N) is 1. The molecule has 0 saturated heterocycles. The number of fused-ring (bicyclic) bond motifs is 1. The second kappa shape index (κ2) is 3.64. The Kier molecular flexibility index (Phi) is 2.46. The fourth-order valence-corrected chi connectivity index (χ4v) is 1.73. The molecular formula is C11H15N3O. The number of aromatic amines is 1. The molecule has 0 spiro atoms. The van der Waals surface area contributed by atoms with Crippen LogP contribution in [0.15, 0.2) is 24.4 Å². The number of aliphatic hydroxyl groups excluding tert-OH is 1. The summed E-state index contributed by atoms with van der Waals surface area (Å²) in [4.78, 5) is 0. The average Bonchev–Trinajstić information content (AvgIpc) is 2.75. The van der Waals surface area contributed by atoms with Crippen molar-refractivity contribution in [3.8, 4) is 0 Å². The van der Waals surface area contributed by atoms with Gasteiger partial charge < -0.3 is 10.8 Å². The SMILES string of the molecule is CC(CN)(CO)c1cccc2cn[nH]c12. The van der Waals surface area contributed by atoms with Crippen molar-refractivity contribution < 1.29 is 5.11 Å². The van der Waals surface area contributed by atoms with E-state index in [1.54, 1.807) is 6.20 Å². The Morgan fingerprint density at radius 2 is 2.33 bits per heavy atom. The molecule has 4 nitrogen and oxygen atoms in total. The topological polar surface area (TPSA) is 74.9 Å². The number of benzene rings is 1. The largest absolute Gasteiger partial charge is 0.395 e. The monoisotopic (exact) mass is 205 g/mol. The maximum atomic E-state index is 9.42. The third-order valence-corrected chi connectivity index (χ3v) is 2.93. The fraction of sp³-hybridized carbons (Fsp3) is 0.364. The maximum Gasteiger partial charge on any atom is 0.0689 e. The molecule has 2 aromatic rings. The lowest BCUT2D eigenvalue weighted by Gasteiger charge is -2.26. The van der Waals surface area contributed by atoms with E-state index in [1.807, 2.05) is 25.1 Å². The maximum absolute atomic E-state index is 9.42. The number of nitrogens with two attached hydrogens (primary N) is 1. The van der Waals surface area contributed by atoms with E-state index in [0.717, 1.165) is 16.5 Å². The zero-order valence-electron chi connectivity index (χ0n) is 8.70. The molecule has 4 heteroatoms. The third kappa shape index (κ3) is 1.52. The Balaban J connectivity index is 2.64. The highest BCUT2D eigenvalue weighted by atomic mass is 16.3. The Labute approximate surface area is 88.1 Å². The van der Waals surface area contributed by atoms with E-state index < -0.39 is 5.41 Å². The molecule has 2 rings (SSSR count). The summed E-state index contributed by atoms with van der Waals surface area (Å²) in [5, 5.41) is 17.4. The van der Waals surface area contributed by atoms with E-state index in [2.05, 4.69) is 10.2 Å². The molecule has 0 aliphatic heterocycles. The van der Waals surface area contributed by atoms with Crippen molar-refractivity contribution in [1.29, 1.82) is 0 Å². The summed E-state index contributed by atoms with van der Waals surface area (Å²) in [6.07, 6.45) is 1.77. The van der Waals surface area contributed by atoms with E-state index in [9.17, 15) is 5.11 Å². The Bertz CT molecular complexity index is 460. The highest BCUT2D eigenvalue weighted by Gasteiger charge is 2.26. The van der Waals surface area contributed by atoms with Gasteiger partial charge in [0.2, 0.25) is 0 Å². The lowest BCUT2D eigenvalue weighted by Crippen LogP contribution is -2.35. The number of hydrogen-bond donors (Lipinski definition) is 3. The third-order valence-electron chi connectivity index (χ3n) is 2.93. The van der Waals surface area contributed by atoms with Gasteiger partial charge in [-0.3, -0.25) is 5.10 Å². The van der Waals surface area contributed by atoms with Gasteiger partial charge in [-0.05, 0) is 5.56 Å². The first-order chi connectivity index (χ1) is 7.21. The van der Waals surface area contributed by atoms with E-state index >= 15 is 0 Å². The van der Waals surface area contributed by atoms with Crippen molar-refractivity contribution in [1.82, 2.24) is 10.2 Å². The van der Waals surface area contributed by atoms with E-state index in [4.69, 9.17) is 5.73 Å². The van der Waals surface area contributed by atoms with Gasteiger partial charge >= 0.3 is 0 Å². The van der Waals surface area contributed by atoms with Gasteiger partial charge in [0, 0.05) is 17.3 Å². The van der Waals surface area contributed by atoms with Gasteiger partial charge in [0.25, 0.3) is 0 Å². The van der Waals surface area contributed by atoms with Crippen LogP contribution < -0.4 is 5.73 Å². The lowest BCUT2D eigenvalue weighted by molar-refractivity contribution is 0.211. The van der Waals surface area contributed by atoms with Crippen molar-refractivity contribution in [2.75, 3.05) is 13.2 Å². The highest BCUT2D eigenvalue weighted by Crippen LogP contribution is 2.28. The predicted octanol–water partition coefficient (Wildman–Crippen LogP) is 0.772. The van der Waals surface area contributed by atoms with Crippen LogP contribution in [-0.4, -0.2) is 28.5 Å².